The predicted molar refractivity (Wildman–Crippen MR) is 182 cm³/mol. The Bertz CT molecular complexity index is 2770. The fourth-order valence-corrected chi connectivity index (χ4v) is 7.07. The van der Waals surface area contributed by atoms with Crippen LogP contribution in [0, 0.1) is 0 Å². The minimum atomic E-state index is -0.413. The molecular weight excluding hydrogens is 559 g/mol. The first-order chi connectivity index (χ1) is 23.9. The van der Waals surface area contributed by atoms with E-state index in [1.165, 1.54) is 11.3 Å². The van der Waals surface area contributed by atoms with Crippen LogP contribution >= 0.6 is 11.3 Å². The summed E-state index contributed by atoms with van der Waals surface area (Å²) in [5.74, 6) is 1.52. The molecule has 9 rings (SSSR count). The van der Waals surface area contributed by atoms with Crippen molar-refractivity contribution in [3.63, 3.8) is 0 Å². The highest BCUT2D eigenvalue weighted by molar-refractivity contribution is 7.26. The monoisotopic (exact) mass is 586 g/mol. The Kier molecular flexibility index (Phi) is 4.60. The number of fused-ring (bicyclic) bond motifs is 6. The third-order valence-electron chi connectivity index (χ3n) is 7.84. The Hall–Kier alpha value is -5.65. The van der Waals surface area contributed by atoms with E-state index in [1.807, 2.05) is 109 Å². The molecule has 3 aromatic heterocycles. The van der Waals surface area contributed by atoms with E-state index in [2.05, 4.69) is 0 Å². The third kappa shape index (κ3) is 4.02. The lowest BCUT2D eigenvalue weighted by Crippen LogP contribution is -2.00. The highest BCUT2D eigenvalue weighted by Gasteiger charge is 2.19. The Balaban J connectivity index is 1.28. The van der Waals surface area contributed by atoms with E-state index >= 15 is 0 Å². The first kappa shape index (κ1) is 20.3. The van der Waals surface area contributed by atoms with E-state index in [0.717, 1.165) is 58.8 Å². The van der Waals surface area contributed by atoms with Crippen LogP contribution in [0.3, 0.4) is 0 Å². The van der Waals surface area contributed by atoms with Crippen molar-refractivity contribution in [3.8, 4) is 45.3 Å². The lowest BCUT2D eigenvalue weighted by atomic mass is 10.0. The molecule has 0 fully saturated rings. The summed E-state index contributed by atoms with van der Waals surface area (Å²) in [4.78, 5) is 15.0. The number of furan rings is 1. The molecule has 0 radical (unpaired) electrons. The van der Waals surface area contributed by atoms with Crippen LogP contribution in [-0.2, 0) is 0 Å². The van der Waals surface area contributed by atoms with E-state index in [0.29, 0.717) is 23.0 Å². The van der Waals surface area contributed by atoms with Gasteiger partial charge in [-0.2, -0.15) is 0 Å². The summed E-state index contributed by atoms with van der Waals surface area (Å²) in [6.07, 6.45) is 0. The molecule has 4 nitrogen and oxygen atoms in total. The molecular formula is C39H23N3OS. The van der Waals surface area contributed by atoms with Gasteiger partial charge in [-0.3, -0.25) is 0 Å². The summed E-state index contributed by atoms with van der Waals surface area (Å²) in [5.41, 5.74) is 4.76. The Morgan fingerprint density at radius 1 is 0.523 bits per heavy atom. The van der Waals surface area contributed by atoms with Gasteiger partial charge in [0.1, 0.15) is 11.2 Å². The fraction of sp³-hybridized carbons (Fsp3) is 0. The van der Waals surface area contributed by atoms with E-state index in [1.54, 1.807) is 0 Å². The van der Waals surface area contributed by atoms with Crippen LogP contribution in [0.2, 0.25) is 0 Å². The summed E-state index contributed by atoms with van der Waals surface area (Å²) in [5, 5.41) is 3.86. The lowest BCUT2D eigenvalue weighted by molar-refractivity contribution is 0.669. The van der Waals surface area contributed by atoms with Crippen molar-refractivity contribution < 1.29 is 11.3 Å². The molecule has 0 aliphatic carbocycles. The topological polar surface area (TPSA) is 51.8 Å². The highest BCUT2D eigenvalue weighted by atomic mass is 32.1. The van der Waals surface area contributed by atoms with Crippen molar-refractivity contribution in [3.05, 3.63) is 139 Å². The minimum Gasteiger partial charge on any atom is -0.456 e. The van der Waals surface area contributed by atoms with E-state index in [-0.39, 0.29) is 29.7 Å². The van der Waals surface area contributed by atoms with Gasteiger partial charge in [-0.1, -0.05) is 115 Å². The van der Waals surface area contributed by atoms with E-state index in [4.69, 9.17) is 26.2 Å². The molecule has 0 saturated carbocycles. The smallest absolute Gasteiger partial charge is 0.164 e. The average Bonchev–Trinajstić information content (AvgIpc) is 3.72. The first-order valence-electron chi connectivity index (χ1n) is 16.6. The van der Waals surface area contributed by atoms with Gasteiger partial charge in [0.25, 0.3) is 0 Å². The van der Waals surface area contributed by atoms with Gasteiger partial charge >= 0.3 is 0 Å². The van der Waals surface area contributed by atoms with E-state index < -0.39 is 6.04 Å². The standard InChI is InChI=1S/C39H23N3OS/c1-3-11-24(12-4-1)27-16-9-17-30-35-31(18-10-20-34(35)44-36(27)30)39-41-37(25-13-5-2-6-14-25)40-38(42-39)26-21-22-29-28-15-7-8-19-32(28)43-33(29)23-26/h1-23H/i1D,3D,4D,11D,12D. The molecule has 206 valence electrons. The van der Waals surface area contributed by atoms with Gasteiger partial charge < -0.3 is 4.42 Å². The normalized spacial score (nSPS) is 13.2. The number of nitrogens with zero attached hydrogens (tertiary/aromatic N) is 3. The molecule has 0 atom stereocenters. The highest BCUT2D eigenvalue weighted by Crippen LogP contribution is 2.43. The number of para-hydroxylation sites is 1. The van der Waals surface area contributed by atoms with Crippen LogP contribution in [0.5, 0.6) is 0 Å². The maximum atomic E-state index is 8.65. The van der Waals surface area contributed by atoms with Gasteiger partial charge in [-0.05, 0) is 35.4 Å². The van der Waals surface area contributed by atoms with Crippen molar-refractivity contribution in [1.82, 2.24) is 15.0 Å². The van der Waals surface area contributed by atoms with Crippen LogP contribution in [0.4, 0.5) is 0 Å². The average molecular weight is 587 g/mol. The van der Waals surface area contributed by atoms with Gasteiger partial charge in [0, 0.05) is 47.6 Å². The number of hydrogen-bond donors (Lipinski definition) is 0. The largest absolute Gasteiger partial charge is 0.456 e. The van der Waals surface area contributed by atoms with Crippen LogP contribution in [0.25, 0.3) is 87.4 Å². The SMILES string of the molecule is [2H]c1c([2H])c([2H])c(-c2cccc3c2sc2cccc(-c4nc(-c5ccccc5)nc(-c5ccc6c(c5)oc5ccccc56)n4)c23)c([2H])c1[2H]. The summed E-state index contributed by atoms with van der Waals surface area (Å²) in [6, 6.07) is 33.8. The zero-order valence-electron chi connectivity index (χ0n) is 28.1. The maximum Gasteiger partial charge on any atom is 0.164 e. The molecule has 9 aromatic rings. The second-order valence-corrected chi connectivity index (χ2v) is 11.5. The van der Waals surface area contributed by atoms with Gasteiger partial charge in [-0.25, -0.2) is 15.0 Å². The van der Waals surface area contributed by atoms with Crippen molar-refractivity contribution >= 4 is 53.4 Å². The van der Waals surface area contributed by atoms with Crippen LogP contribution in [-0.4, -0.2) is 15.0 Å². The minimum absolute atomic E-state index is 0.180. The van der Waals surface area contributed by atoms with E-state index in [9.17, 15) is 0 Å². The summed E-state index contributed by atoms with van der Waals surface area (Å²) in [7, 11) is 0. The predicted octanol–water partition coefficient (Wildman–Crippen LogP) is 10.8. The zero-order valence-corrected chi connectivity index (χ0v) is 23.9. The lowest BCUT2D eigenvalue weighted by Gasteiger charge is -2.10. The molecule has 0 amide bonds. The second-order valence-electron chi connectivity index (χ2n) is 10.4. The quantitative estimate of drug-likeness (QED) is 0.206. The fourth-order valence-electron chi connectivity index (χ4n) is 5.82. The van der Waals surface area contributed by atoms with Gasteiger partial charge in [0.15, 0.2) is 17.5 Å². The first-order valence-corrected chi connectivity index (χ1v) is 14.9. The van der Waals surface area contributed by atoms with Crippen LogP contribution in [0.1, 0.15) is 6.85 Å². The Morgan fingerprint density at radius 2 is 1.23 bits per heavy atom. The van der Waals surface area contributed by atoms with Gasteiger partial charge in [0.2, 0.25) is 0 Å². The van der Waals surface area contributed by atoms with Gasteiger partial charge in [0.05, 0.1) is 6.85 Å². The molecule has 0 unspecified atom stereocenters. The van der Waals surface area contributed by atoms with Crippen LogP contribution in [0.15, 0.2) is 144 Å². The summed E-state index contributed by atoms with van der Waals surface area (Å²) >= 11 is 1.51. The number of benzene rings is 6. The van der Waals surface area contributed by atoms with Crippen molar-refractivity contribution in [2.24, 2.45) is 0 Å². The van der Waals surface area contributed by atoms with Crippen molar-refractivity contribution in [1.29, 1.82) is 0 Å². The molecule has 0 aliphatic rings. The molecule has 0 saturated heterocycles. The molecule has 5 heteroatoms. The number of thiophene rings is 1. The number of rotatable bonds is 4. The molecule has 6 aromatic carbocycles. The third-order valence-corrected chi connectivity index (χ3v) is 9.04. The Labute approximate surface area is 264 Å². The van der Waals surface area contributed by atoms with Crippen molar-refractivity contribution in [2.45, 2.75) is 0 Å². The zero-order chi connectivity index (χ0) is 33.4. The number of aromatic nitrogens is 3. The molecule has 0 bridgehead atoms. The molecule has 44 heavy (non-hydrogen) atoms. The number of hydrogen-bond acceptors (Lipinski definition) is 5. The van der Waals surface area contributed by atoms with Crippen LogP contribution < -0.4 is 0 Å². The second kappa shape index (κ2) is 9.97. The molecule has 0 aliphatic heterocycles. The summed E-state index contributed by atoms with van der Waals surface area (Å²) < 4.78 is 49.9. The molecule has 3 heterocycles. The van der Waals surface area contributed by atoms with Crippen molar-refractivity contribution in [2.75, 3.05) is 0 Å². The molecule has 0 N–H and O–H groups in total. The summed E-state index contributed by atoms with van der Waals surface area (Å²) in [6.45, 7) is 0. The Morgan fingerprint density at radius 3 is 2.11 bits per heavy atom. The molecule has 0 spiro atoms. The van der Waals surface area contributed by atoms with Gasteiger partial charge in [-0.15, -0.1) is 11.3 Å². The maximum absolute atomic E-state index is 8.65.